The van der Waals surface area contributed by atoms with E-state index in [2.05, 4.69) is 24.8 Å². The number of halogens is 1. The summed E-state index contributed by atoms with van der Waals surface area (Å²) in [7, 11) is 0. The highest BCUT2D eigenvalue weighted by atomic mass is 19.1. The third kappa shape index (κ3) is 3.59. The largest absolute Gasteiger partial charge is 0.477 e. The summed E-state index contributed by atoms with van der Waals surface area (Å²) in [6.07, 6.45) is 9.74. The van der Waals surface area contributed by atoms with Gasteiger partial charge < -0.3 is 20.4 Å². The second-order valence-electron chi connectivity index (χ2n) is 9.57. The molecule has 2 aliphatic rings. The molecule has 0 radical (unpaired) electrons. The van der Waals surface area contributed by atoms with E-state index in [1.165, 1.54) is 0 Å². The molecular weight excluding hydrogens is 471 g/mol. The van der Waals surface area contributed by atoms with Crippen molar-refractivity contribution in [1.82, 2.24) is 29.3 Å². The van der Waals surface area contributed by atoms with E-state index in [4.69, 9.17) is 15.6 Å². The first-order valence-electron chi connectivity index (χ1n) is 12.4. The zero-order valence-corrected chi connectivity index (χ0v) is 20.3. The quantitative estimate of drug-likeness (QED) is 0.357. The fourth-order valence-electron chi connectivity index (χ4n) is 5.34. The van der Waals surface area contributed by atoms with E-state index >= 15 is 4.39 Å². The number of aryl methyl sites for hydroxylation is 2. The Bertz CT molecular complexity index is 1690. The fraction of sp³-hybridized carbons (Fsp3) is 0.259. The average molecular weight is 497 g/mol. The van der Waals surface area contributed by atoms with Crippen LogP contribution in [0.15, 0.2) is 43.0 Å². The highest BCUT2D eigenvalue weighted by molar-refractivity contribution is 5.98. The van der Waals surface area contributed by atoms with Crippen LogP contribution in [0.2, 0.25) is 0 Å². The molecule has 9 nitrogen and oxygen atoms in total. The van der Waals surface area contributed by atoms with Crippen molar-refractivity contribution in [3.8, 4) is 17.0 Å². The van der Waals surface area contributed by atoms with Crippen LogP contribution >= 0.6 is 0 Å². The molecule has 0 spiro atoms. The lowest BCUT2D eigenvalue weighted by molar-refractivity contribution is 0.276. The van der Waals surface area contributed by atoms with Crippen LogP contribution in [0.25, 0.3) is 21.9 Å². The van der Waals surface area contributed by atoms with Crippen LogP contribution in [0, 0.1) is 12.7 Å². The Hall–Kier alpha value is -4.47. The highest BCUT2D eigenvalue weighted by Gasteiger charge is 2.21. The van der Waals surface area contributed by atoms with Crippen LogP contribution < -0.4 is 15.8 Å². The number of nitrogens with zero attached hydrogens (tertiary/aromatic N) is 6. The summed E-state index contributed by atoms with van der Waals surface area (Å²) >= 11 is 0. The summed E-state index contributed by atoms with van der Waals surface area (Å²) in [6.45, 7) is 4.13. The van der Waals surface area contributed by atoms with Crippen LogP contribution in [0.3, 0.4) is 0 Å². The van der Waals surface area contributed by atoms with Gasteiger partial charge in [0.25, 0.3) is 0 Å². The number of aromatic nitrogens is 6. The van der Waals surface area contributed by atoms with Crippen molar-refractivity contribution < 1.29 is 9.13 Å². The summed E-state index contributed by atoms with van der Waals surface area (Å²) in [4.78, 5) is 13.4. The maximum atomic E-state index is 15.5. The molecule has 4 aromatic heterocycles. The minimum atomic E-state index is -0.465. The Balaban J connectivity index is 1.24. The van der Waals surface area contributed by atoms with Crippen molar-refractivity contribution >= 4 is 28.1 Å². The summed E-state index contributed by atoms with van der Waals surface area (Å²) < 4.78 is 25.3. The smallest absolute Gasteiger partial charge is 0.216 e. The van der Waals surface area contributed by atoms with E-state index in [1.807, 2.05) is 42.2 Å². The maximum absolute atomic E-state index is 15.5. The van der Waals surface area contributed by atoms with E-state index in [1.54, 1.807) is 12.4 Å². The number of benzene rings is 1. The molecule has 0 atom stereocenters. The second-order valence-corrected chi connectivity index (χ2v) is 9.57. The normalized spacial score (nSPS) is 14.4. The molecule has 0 saturated carbocycles. The predicted molar refractivity (Wildman–Crippen MR) is 138 cm³/mol. The second kappa shape index (κ2) is 8.29. The van der Waals surface area contributed by atoms with E-state index < -0.39 is 5.82 Å². The van der Waals surface area contributed by atoms with Gasteiger partial charge in [0.05, 0.1) is 18.8 Å². The lowest BCUT2D eigenvalue weighted by Gasteiger charge is -2.20. The molecule has 5 aromatic rings. The first kappa shape index (κ1) is 21.8. The zero-order valence-electron chi connectivity index (χ0n) is 20.3. The van der Waals surface area contributed by atoms with Crippen LogP contribution in [0.1, 0.15) is 29.1 Å². The first-order valence-corrected chi connectivity index (χ1v) is 12.4. The van der Waals surface area contributed by atoms with E-state index in [9.17, 15) is 0 Å². The minimum absolute atomic E-state index is 0.0733. The number of rotatable bonds is 3. The van der Waals surface area contributed by atoms with E-state index in [-0.39, 0.29) is 5.69 Å². The van der Waals surface area contributed by atoms with Gasteiger partial charge >= 0.3 is 0 Å². The van der Waals surface area contributed by atoms with Crippen molar-refractivity contribution in [2.45, 2.75) is 39.3 Å². The Morgan fingerprint density at radius 2 is 1.97 bits per heavy atom. The molecular formula is C27H25FN8O. The summed E-state index contributed by atoms with van der Waals surface area (Å²) in [5.41, 5.74) is 10.6. The van der Waals surface area contributed by atoms with Crippen molar-refractivity contribution in [2.75, 3.05) is 17.7 Å². The third-order valence-corrected chi connectivity index (χ3v) is 7.35. The third-order valence-electron chi connectivity index (χ3n) is 7.35. The van der Waals surface area contributed by atoms with Gasteiger partial charge in [0.15, 0.2) is 11.6 Å². The number of anilines is 3. The van der Waals surface area contributed by atoms with Crippen LogP contribution in [-0.4, -0.2) is 35.9 Å². The first-order chi connectivity index (χ1) is 18.0. The number of nitrogen functional groups attached to an aromatic ring is 1. The van der Waals surface area contributed by atoms with Gasteiger partial charge in [-0.25, -0.2) is 19.3 Å². The highest BCUT2D eigenvalue weighted by Crippen LogP contribution is 2.38. The van der Waals surface area contributed by atoms with Crippen LogP contribution in [0.4, 0.5) is 21.7 Å². The Morgan fingerprint density at radius 3 is 2.89 bits per heavy atom. The van der Waals surface area contributed by atoms with Gasteiger partial charge in [-0.3, -0.25) is 4.68 Å². The number of pyridine rings is 2. The Kier molecular flexibility index (Phi) is 4.88. The zero-order chi connectivity index (χ0) is 25.1. The van der Waals surface area contributed by atoms with Crippen LogP contribution in [-0.2, 0) is 25.9 Å². The molecule has 0 bridgehead atoms. The number of imidazole rings is 1. The van der Waals surface area contributed by atoms with Gasteiger partial charge in [0.2, 0.25) is 5.88 Å². The summed E-state index contributed by atoms with van der Waals surface area (Å²) in [5.74, 6) is 2.47. The monoisotopic (exact) mass is 496 g/mol. The molecule has 7 rings (SSSR count). The topological polar surface area (TPSA) is 109 Å². The van der Waals surface area contributed by atoms with Crippen molar-refractivity contribution in [3.05, 3.63) is 71.4 Å². The SMILES string of the molecule is Cc1c(-c2cc3cc(Nc4cc5n(n4)Cc4nccn4CC5)ncc3c(N)c2F)cnc2c1CCCO2. The van der Waals surface area contributed by atoms with E-state index in [0.717, 1.165) is 59.4 Å². The maximum Gasteiger partial charge on any atom is 0.216 e. The molecule has 0 aliphatic carbocycles. The molecule has 3 N–H and O–H groups in total. The molecule has 37 heavy (non-hydrogen) atoms. The van der Waals surface area contributed by atoms with Crippen LogP contribution in [0.5, 0.6) is 5.88 Å². The van der Waals surface area contributed by atoms with Crippen molar-refractivity contribution in [1.29, 1.82) is 0 Å². The number of nitrogens with one attached hydrogen (secondary N) is 1. The number of hydrogen-bond donors (Lipinski definition) is 2. The van der Waals surface area contributed by atoms with E-state index in [0.29, 0.717) is 41.6 Å². The molecule has 0 amide bonds. The van der Waals surface area contributed by atoms with Gasteiger partial charge in [0, 0.05) is 71.6 Å². The molecule has 6 heterocycles. The van der Waals surface area contributed by atoms with Gasteiger partial charge in [-0.05, 0) is 42.8 Å². The molecule has 0 unspecified atom stereocenters. The van der Waals surface area contributed by atoms with Crippen molar-refractivity contribution in [3.63, 3.8) is 0 Å². The molecule has 1 aromatic carbocycles. The minimum Gasteiger partial charge on any atom is -0.477 e. The van der Waals surface area contributed by atoms with Gasteiger partial charge in [0.1, 0.15) is 11.6 Å². The molecule has 10 heteroatoms. The fourth-order valence-corrected chi connectivity index (χ4v) is 5.34. The lowest BCUT2D eigenvalue weighted by Crippen LogP contribution is -2.12. The molecule has 186 valence electrons. The summed E-state index contributed by atoms with van der Waals surface area (Å²) in [5, 5.41) is 9.37. The lowest BCUT2D eigenvalue weighted by atomic mass is 9.93. The van der Waals surface area contributed by atoms with Gasteiger partial charge in [-0.1, -0.05) is 0 Å². The van der Waals surface area contributed by atoms with Gasteiger partial charge in [-0.15, -0.1) is 0 Å². The average Bonchev–Trinajstić information content (AvgIpc) is 3.48. The number of hydrogen-bond acceptors (Lipinski definition) is 7. The Labute approximate surface area is 212 Å². The summed E-state index contributed by atoms with van der Waals surface area (Å²) in [6, 6.07) is 5.72. The number of nitrogens with two attached hydrogens (primary N) is 1. The predicted octanol–water partition coefficient (Wildman–Crippen LogP) is 4.39. The standard InChI is InChI=1S/C27H25FN8O/c1-15-18-3-2-8-37-27(18)32-12-20(15)19-9-16-10-22(31-13-21(16)26(29)25(19)28)33-23-11-17-4-6-35-7-5-30-24(35)14-36(17)34-23/h5,7,9-13H,2-4,6,8,14,29H2,1H3,(H,31,33,34). The number of fused-ring (bicyclic) bond motifs is 4. The van der Waals surface area contributed by atoms with Gasteiger partial charge in [-0.2, -0.15) is 5.10 Å². The molecule has 2 aliphatic heterocycles. The van der Waals surface area contributed by atoms with Crippen molar-refractivity contribution in [2.24, 2.45) is 0 Å². The number of ether oxygens (including phenoxy) is 1. The molecule has 0 saturated heterocycles. The molecule has 0 fully saturated rings. The Morgan fingerprint density at radius 1 is 1.05 bits per heavy atom.